The van der Waals surface area contributed by atoms with Crippen LogP contribution < -0.4 is 20.1 Å². The molecular formula is C40H54N2O10. The summed E-state index contributed by atoms with van der Waals surface area (Å²) < 4.78 is 33.5. The number of nitrogens with one attached hydrogen (secondary N) is 2. The van der Waals surface area contributed by atoms with Crippen LogP contribution in [0, 0.1) is 24.7 Å². The van der Waals surface area contributed by atoms with Crippen LogP contribution in [0.4, 0.5) is 9.59 Å². The van der Waals surface area contributed by atoms with E-state index in [1.807, 2.05) is 45.0 Å². The van der Waals surface area contributed by atoms with Gasteiger partial charge in [-0.1, -0.05) is 69.3 Å². The van der Waals surface area contributed by atoms with Gasteiger partial charge in [-0.05, 0) is 82.1 Å². The third-order valence-electron chi connectivity index (χ3n) is 8.38. The van der Waals surface area contributed by atoms with Crippen molar-refractivity contribution in [2.24, 2.45) is 10.8 Å². The molecule has 0 heterocycles. The first-order valence-electron chi connectivity index (χ1n) is 17.4. The van der Waals surface area contributed by atoms with Gasteiger partial charge in [0.1, 0.15) is 37.9 Å². The second-order valence-electron chi connectivity index (χ2n) is 14.8. The second kappa shape index (κ2) is 19.0. The summed E-state index contributed by atoms with van der Waals surface area (Å²) in [5.74, 6) is -0.0352. The predicted molar refractivity (Wildman–Crippen MR) is 196 cm³/mol. The maximum atomic E-state index is 13.2. The summed E-state index contributed by atoms with van der Waals surface area (Å²) >= 11 is 0. The van der Waals surface area contributed by atoms with Gasteiger partial charge < -0.3 is 39.1 Å². The van der Waals surface area contributed by atoms with E-state index in [1.54, 1.807) is 24.3 Å². The summed E-state index contributed by atoms with van der Waals surface area (Å²) in [6.07, 6.45) is -1.18. The summed E-state index contributed by atoms with van der Waals surface area (Å²) in [6, 6.07) is 14.5. The largest absolute Gasteiger partial charge is 0.490 e. The van der Waals surface area contributed by atoms with Crippen LogP contribution in [0.2, 0.25) is 0 Å². The Kier molecular flexibility index (Phi) is 15.1. The molecule has 0 bridgehead atoms. The molecular weight excluding hydrogens is 668 g/mol. The number of carbonyl (C=O) groups excluding carboxylic acids is 4. The fourth-order valence-corrected chi connectivity index (χ4v) is 6.16. The highest BCUT2D eigenvalue weighted by molar-refractivity contribution is 5.87. The lowest BCUT2D eigenvalue weighted by molar-refractivity contribution is -0.143. The molecule has 284 valence electrons. The van der Waals surface area contributed by atoms with Crippen molar-refractivity contribution in [3.8, 4) is 11.5 Å². The summed E-state index contributed by atoms with van der Waals surface area (Å²) in [6.45, 7) is 20.2. The number of benzene rings is 2. The van der Waals surface area contributed by atoms with Gasteiger partial charge in [0, 0.05) is 23.7 Å². The number of hydrogen-bond acceptors (Lipinski definition) is 10. The van der Waals surface area contributed by atoms with Gasteiger partial charge in [0.05, 0.1) is 0 Å². The fraction of sp³-hybridized carbons (Fsp3) is 0.500. The highest BCUT2D eigenvalue weighted by Crippen LogP contribution is 2.45. The lowest BCUT2D eigenvalue weighted by Gasteiger charge is -2.46. The monoisotopic (exact) mass is 722 g/mol. The molecule has 0 aromatic heterocycles. The minimum Gasteiger partial charge on any atom is -0.490 e. The Hall–Kier alpha value is -5.00. The summed E-state index contributed by atoms with van der Waals surface area (Å²) in [4.78, 5) is 50.4. The van der Waals surface area contributed by atoms with Gasteiger partial charge in [-0.15, -0.1) is 0 Å². The van der Waals surface area contributed by atoms with Gasteiger partial charge in [-0.3, -0.25) is 0 Å². The number of rotatable bonds is 17. The van der Waals surface area contributed by atoms with Crippen LogP contribution >= 0.6 is 0 Å². The van der Waals surface area contributed by atoms with Crippen LogP contribution in [0.5, 0.6) is 11.5 Å². The van der Waals surface area contributed by atoms with Crippen LogP contribution in [0.3, 0.4) is 0 Å². The molecule has 12 nitrogen and oxygen atoms in total. The number of hydrogen-bond donors (Lipinski definition) is 2. The molecule has 52 heavy (non-hydrogen) atoms. The van der Waals surface area contributed by atoms with Crippen LogP contribution in [-0.4, -0.2) is 75.3 Å². The van der Waals surface area contributed by atoms with E-state index >= 15 is 0 Å². The number of esters is 2. The Balaban J connectivity index is 1.60. The van der Waals surface area contributed by atoms with Gasteiger partial charge in [-0.2, -0.15) is 0 Å². The zero-order chi connectivity index (χ0) is 38.5. The molecule has 1 fully saturated rings. The Labute approximate surface area is 307 Å². The van der Waals surface area contributed by atoms with Gasteiger partial charge in [0.2, 0.25) is 0 Å². The van der Waals surface area contributed by atoms with E-state index in [9.17, 15) is 19.2 Å². The highest BCUT2D eigenvalue weighted by atomic mass is 16.6. The summed E-state index contributed by atoms with van der Waals surface area (Å²) in [7, 11) is 0. The lowest BCUT2D eigenvalue weighted by Crippen LogP contribution is -2.51. The van der Waals surface area contributed by atoms with Crippen molar-refractivity contribution < 1.29 is 47.6 Å². The highest BCUT2D eigenvalue weighted by Gasteiger charge is 2.42. The Morgan fingerprint density at radius 1 is 0.712 bits per heavy atom. The maximum Gasteiger partial charge on any atom is 0.407 e. The molecule has 2 aromatic carbocycles. The average molecular weight is 723 g/mol. The SMILES string of the molecule is C=C(C)C(=O)OCC(COc1ccc(C)cc1)OC(=O)NCC1(C)CC(NC(=O)OC(COC(=O)C(=C)C)COc2ccc(C)cc2)CC(C)(C)C1. The molecule has 12 heteroatoms. The van der Waals surface area contributed by atoms with E-state index < -0.39 is 41.7 Å². The third-order valence-corrected chi connectivity index (χ3v) is 8.38. The summed E-state index contributed by atoms with van der Waals surface area (Å²) in [5, 5.41) is 5.84. The van der Waals surface area contributed by atoms with E-state index in [-0.39, 0.29) is 55.6 Å². The van der Waals surface area contributed by atoms with Crippen molar-refractivity contribution in [2.45, 2.75) is 86.0 Å². The smallest absolute Gasteiger partial charge is 0.407 e. The fourth-order valence-electron chi connectivity index (χ4n) is 6.16. The topological polar surface area (TPSA) is 148 Å². The molecule has 1 saturated carbocycles. The number of amides is 2. The van der Waals surface area contributed by atoms with E-state index in [4.69, 9.17) is 28.4 Å². The Morgan fingerprint density at radius 2 is 1.15 bits per heavy atom. The van der Waals surface area contributed by atoms with Gasteiger partial charge >= 0.3 is 24.1 Å². The molecule has 2 aromatic rings. The first-order valence-corrected chi connectivity index (χ1v) is 17.4. The predicted octanol–water partition coefficient (Wildman–Crippen LogP) is 6.77. The zero-order valence-corrected chi connectivity index (χ0v) is 31.5. The standard InChI is InChI=1S/C40H54N2O10/c1-26(2)35(43)49-22-33(20-47-31-14-10-28(5)11-15-31)51-37(45)41-25-40(9)19-30(18-39(7,8)24-40)42-38(46)52-34(23-50-36(44)27(3)4)21-48-32-16-12-29(6)13-17-32/h10-17,30,33-34H,1,3,18-25H2,2,4-9H3,(H,41,45)(H,42,46). The molecule has 1 aliphatic rings. The van der Waals surface area contributed by atoms with Crippen molar-refractivity contribution >= 4 is 24.1 Å². The zero-order valence-electron chi connectivity index (χ0n) is 31.5. The molecule has 0 aliphatic heterocycles. The molecule has 2 N–H and O–H groups in total. The van der Waals surface area contributed by atoms with E-state index in [1.165, 1.54) is 13.8 Å². The first-order chi connectivity index (χ1) is 24.4. The normalized spacial score (nSPS) is 18.8. The summed E-state index contributed by atoms with van der Waals surface area (Å²) in [5.41, 5.74) is 1.96. The van der Waals surface area contributed by atoms with Crippen LogP contribution in [-0.2, 0) is 28.5 Å². The molecule has 4 unspecified atom stereocenters. The molecule has 0 radical (unpaired) electrons. The molecule has 2 amide bonds. The number of ether oxygens (including phenoxy) is 6. The Bertz CT molecular complexity index is 1550. The van der Waals surface area contributed by atoms with Gasteiger partial charge in [0.25, 0.3) is 0 Å². The minimum absolute atomic E-state index is 0.0384. The second-order valence-corrected chi connectivity index (χ2v) is 14.8. The van der Waals surface area contributed by atoms with Gasteiger partial charge in [-0.25, -0.2) is 19.2 Å². The molecule has 4 atom stereocenters. The molecule has 0 saturated heterocycles. The van der Waals surface area contributed by atoms with E-state index in [0.717, 1.165) is 17.5 Å². The Morgan fingerprint density at radius 3 is 1.60 bits per heavy atom. The van der Waals surface area contributed by atoms with Crippen LogP contribution in [0.25, 0.3) is 0 Å². The lowest BCUT2D eigenvalue weighted by atomic mass is 9.62. The van der Waals surface area contributed by atoms with Crippen LogP contribution in [0.1, 0.15) is 65.0 Å². The van der Waals surface area contributed by atoms with Crippen LogP contribution in [0.15, 0.2) is 72.8 Å². The van der Waals surface area contributed by atoms with E-state index in [2.05, 4.69) is 37.6 Å². The maximum absolute atomic E-state index is 13.2. The molecule has 1 aliphatic carbocycles. The molecule has 3 rings (SSSR count). The van der Waals surface area contributed by atoms with Crippen molar-refractivity contribution in [3.63, 3.8) is 0 Å². The third kappa shape index (κ3) is 14.7. The van der Waals surface area contributed by atoms with Crippen molar-refractivity contribution in [1.29, 1.82) is 0 Å². The number of alkyl carbamates (subject to hydrolysis) is 2. The van der Waals surface area contributed by atoms with Crippen molar-refractivity contribution in [3.05, 3.63) is 84.0 Å². The quantitative estimate of drug-likeness (QED) is 0.102. The number of aryl methyl sites for hydroxylation is 2. The van der Waals surface area contributed by atoms with Crippen molar-refractivity contribution in [2.75, 3.05) is 33.0 Å². The van der Waals surface area contributed by atoms with Crippen molar-refractivity contribution in [1.82, 2.24) is 10.6 Å². The van der Waals surface area contributed by atoms with Gasteiger partial charge in [0.15, 0.2) is 12.2 Å². The number of carbonyl (C=O) groups is 4. The molecule has 0 spiro atoms. The average Bonchev–Trinajstić information content (AvgIpc) is 3.06. The van der Waals surface area contributed by atoms with E-state index in [0.29, 0.717) is 24.3 Å². The first kappa shape index (κ1) is 41.4. The minimum atomic E-state index is -0.887.